The van der Waals surface area contributed by atoms with Crippen molar-refractivity contribution in [3.63, 3.8) is 0 Å². The van der Waals surface area contributed by atoms with Gasteiger partial charge in [0, 0.05) is 31.4 Å². The SMILES string of the molecule is OC1CCN(CC(O)COc2ccc3ccc(-c4cn[nH]c4)cc3c2)CC1. The first kappa shape index (κ1) is 18.0. The quantitative estimate of drug-likeness (QED) is 0.623. The van der Waals surface area contributed by atoms with Crippen LogP contribution >= 0.6 is 0 Å². The number of hydrogen-bond donors (Lipinski definition) is 3. The molecular weight excluding hydrogens is 342 g/mol. The molecule has 0 bridgehead atoms. The maximum absolute atomic E-state index is 10.3. The summed E-state index contributed by atoms with van der Waals surface area (Å²) in [5.41, 5.74) is 2.14. The fraction of sp³-hybridized carbons (Fsp3) is 0.381. The third kappa shape index (κ3) is 4.47. The number of fused-ring (bicyclic) bond motifs is 1. The monoisotopic (exact) mass is 367 g/mol. The predicted octanol–water partition coefficient (Wildman–Crippen LogP) is 2.43. The highest BCUT2D eigenvalue weighted by atomic mass is 16.5. The zero-order chi connectivity index (χ0) is 18.6. The highest BCUT2D eigenvalue weighted by Gasteiger charge is 2.19. The minimum atomic E-state index is -0.548. The summed E-state index contributed by atoms with van der Waals surface area (Å²) in [5, 5.41) is 28.9. The van der Waals surface area contributed by atoms with Crippen molar-refractivity contribution < 1.29 is 14.9 Å². The second kappa shape index (κ2) is 8.08. The van der Waals surface area contributed by atoms with Gasteiger partial charge in [0.05, 0.1) is 12.3 Å². The molecule has 6 nitrogen and oxygen atoms in total. The normalized spacial score (nSPS) is 17.3. The summed E-state index contributed by atoms with van der Waals surface area (Å²) in [7, 11) is 0. The van der Waals surface area contributed by atoms with E-state index >= 15 is 0 Å². The Hall–Kier alpha value is -2.41. The first-order valence-electron chi connectivity index (χ1n) is 9.41. The zero-order valence-corrected chi connectivity index (χ0v) is 15.2. The molecule has 0 radical (unpaired) electrons. The number of benzene rings is 2. The first-order chi connectivity index (χ1) is 13.2. The minimum Gasteiger partial charge on any atom is -0.491 e. The van der Waals surface area contributed by atoms with Gasteiger partial charge in [0.2, 0.25) is 0 Å². The second-order valence-electron chi connectivity index (χ2n) is 7.21. The van der Waals surface area contributed by atoms with Crippen LogP contribution in [0.3, 0.4) is 0 Å². The summed E-state index contributed by atoms with van der Waals surface area (Å²) >= 11 is 0. The topological polar surface area (TPSA) is 81.6 Å². The summed E-state index contributed by atoms with van der Waals surface area (Å²) in [6, 6.07) is 12.2. The van der Waals surface area contributed by atoms with E-state index in [9.17, 15) is 10.2 Å². The van der Waals surface area contributed by atoms with E-state index in [1.165, 1.54) is 0 Å². The molecule has 2 aromatic carbocycles. The van der Waals surface area contributed by atoms with E-state index in [-0.39, 0.29) is 12.7 Å². The van der Waals surface area contributed by atoms with Crippen LogP contribution in [0.4, 0.5) is 0 Å². The lowest BCUT2D eigenvalue weighted by Crippen LogP contribution is -2.41. The van der Waals surface area contributed by atoms with E-state index in [0.717, 1.165) is 53.6 Å². The molecule has 142 valence electrons. The Labute approximate surface area is 158 Å². The summed E-state index contributed by atoms with van der Waals surface area (Å²) < 4.78 is 5.82. The van der Waals surface area contributed by atoms with E-state index < -0.39 is 6.10 Å². The molecule has 1 aliphatic rings. The van der Waals surface area contributed by atoms with Gasteiger partial charge >= 0.3 is 0 Å². The van der Waals surface area contributed by atoms with Crippen LogP contribution in [0.25, 0.3) is 21.9 Å². The van der Waals surface area contributed by atoms with Gasteiger partial charge in [-0.15, -0.1) is 0 Å². The minimum absolute atomic E-state index is 0.195. The first-order valence-corrected chi connectivity index (χ1v) is 9.41. The Bertz CT molecular complexity index is 874. The van der Waals surface area contributed by atoms with Crippen LogP contribution in [0.5, 0.6) is 5.75 Å². The van der Waals surface area contributed by atoms with Gasteiger partial charge < -0.3 is 19.8 Å². The number of rotatable bonds is 6. The lowest BCUT2D eigenvalue weighted by molar-refractivity contribution is 0.0338. The van der Waals surface area contributed by atoms with Crippen molar-refractivity contribution in [1.29, 1.82) is 0 Å². The summed E-state index contributed by atoms with van der Waals surface area (Å²) in [6.07, 6.45) is 4.48. The molecule has 1 unspecified atom stereocenters. The van der Waals surface area contributed by atoms with Crippen molar-refractivity contribution in [1.82, 2.24) is 15.1 Å². The molecule has 0 spiro atoms. The summed E-state index contributed by atoms with van der Waals surface area (Å²) in [6.45, 7) is 2.48. The van der Waals surface area contributed by atoms with Crippen molar-refractivity contribution in [3.05, 3.63) is 48.8 Å². The largest absolute Gasteiger partial charge is 0.491 e. The average molecular weight is 367 g/mol. The van der Waals surface area contributed by atoms with Gasteiger partial charge in [-0.2, -0.15) is 5.10 Å². The van der Waals surface area contributed by atoms with Crippen molar-refractivity contribution in [3.8, 4) is 16.9 Å². The molecule has 27 heavy (non-hydrogen) atoms. The van der Waals surface area contributed by atoms with Crippen LogP contribution in [-0.2, 0) is 0 Å². The standard InChI is InChI=1S/C21H25N3O3/c25-19-5-7-24(8-6-19)13-20(26)14-27-21-4-3-15-1-2-16(9-17(15)10-21)18-11-22-23-12-18/h1-4,9-12,19-20,25-26H,5-8,13-14H2,(H,22,23). The molecule has 1 aromatic heterocycles. The molecule has 1 aliphatic heterocycles. The third-order valence-corrected chi connectivity index (χ3v) is 5.11. The average Bonchev–Trinajstić information content (AvgIpc) is 3.22. The maximum Gasteiger partial charge on any atom is 0.120 e. The zero-order valence-electron chi connectivity index (χ0n) is 15.2. The number of H-pyrrole nitrogens is 1. The molecule has 3 N–H and O–H groups in total. The van der Waals surface area contributed by atoms with Crippen molar-refractivity contribution in [2.45, 2.75) is 25.0 Å². The molecule has 2 heterocycles. The Morgan fingerprint density at radius 2 is 1.93 bits per heavy atom. The number of likely N-dealkylation sites (tertiary alicyclic amines) is 1. The Balaban J connectivity index is 1.38. The molecule has 0 saturated carbocycles. The number of hydrogen-bond acceptors (Lipinski definition) is 5. The van der Waals surface area contributed by atoms with Gasteiger partial charge in [-0.1, -0.05) is 18.2 Å². The van der Waals surface area contributed by atoms with Crippen LogP contribution in [0.1, 0.15) is 12.8 Å². The Morgan fingerprint density at radius 3 is 2.70 bits per heavy atom. The predicted molar refractivity (Wildman–Crippen MR) is 105 cm³/mol. The van der Waals surface area contributed by atoms with Crippen molar-refractivity contribution in [2.75, 3.05) is 26.2 Å². The van der Waals surface area contributed by atoms with Gasteiger partial charge in [-0.25, -0.2) is 0 Å². The Kier molecular flexibility index (Phi) is 5.38. The highest BCUT2D eigenvalue weighted by molar-refractivity contribution is 5.88. The number of piperidine rings is 1. The molecular formula is C21H25N3O3. The van der Waals surface area contributed by atoms with Crippen LogP contribution in [0, 0.1) is 0 Å². The van der Waals surface area contributed by atoms with Gasteiger partial charge in [-0.3, -0.25) is 5.10 Å². The van der Waals surface area contributed by atoms with Crippen LogP contribution in [0.15, 0.2) is 48.8 Å². The van der Waals surface area contributed by atoms with E-state index in [1.54, 1.807) is 6.20 Å². The fourth-order valence-corrected chi connectivity index (χ4v) is 3.55. The summed E-state index contributed by atoms with van der Waals surface area (Å²) in [4.78, 5) is 2.18. The maximum atomic E-state index is 10.3. The Morgan fingerprint density at radius 1 is 1.11 bits per heavy atom. The third-order valence-electron chi connectivity index (χ3n) is 5.11. The molecule has 1 atom stereocenters. The van der Waals surface area contributed by atoms with Gasteiger partial charge in [0.25, 0.3) is 0 Å². The number of nitrogens with one attached hydrogen (secondary N) is 1. The lowest BCUT2D eigenvalue weighted by Gasteiger charge is -2.30. The molecule has 1 saturated heterocycles. The molecule has 6 heteroatoms. The van der Waals surface area contributed by atoms with E-state index in [4.69, 9.17) is 4.74 Å². The van der Waals surface area contributed by atoms with Gasteiger partial charge in [0.15, 0.2) is 0 Å². The molecule has 1 fully saturated rings. The van der Waals surface area contributed by atoms with Crippen molar-refractivity contribution in [2.24, 2.45) is 0 Å². The highest BCUT2D eigenvalue weighted by Crippen LogP contribution is 2.26. The number of aliphatic hydroxyl groups excluding tert-OH is 2. The molecule has 0 amide bonds. The number of aromatic amines is 1. The second-order valence-corrected chi connectivity index (χ2v) is 7.21. The van der Waals surface area contributed by atoms with Crippen LogP contribution in [0.2, 0.25) is 0 Å². The molecule has 3 aromatic rings. The van der Waals surface area contributed by atoms with Gasteiger partial charge in [0.1, 0.15) is 18.5 Å². The summed E-state index contributed by atoms with van der Waals surface area (Å²) in [5.74, 6) is 0.750. The number of aliphatic hydroxyl groups is 2. The van der Waals surface area contributed by atoms with E-state index in [1.807, 2.05) is 24.4 Å². The number of nitrogens with zero attached hydrogens (tertiary/aromatic N) is 2. The molecule has 4 rings (SSSR count). The lowest BCUT2D eigenvalue weighted by atomic mass is 10.0. The van der Waals surface area contributed by atoms with E-state index in [0.29, 0.717) is 6.54 Å². The number of aromatic nitrogens is 2. The van der Waals surface area contributed by atoms with Crippen LogP contribution in [-0.4, -0.2) is 63.8 Å². The van der Waals surface area contributed by atoms with E-state index in [2.05, 4.69) is 33.3 Å². The number of ether oxygens (including phenoxy) is 1. The van der Waals surface area contributed by atoms with Crippen molar-refractivity contribution >= 4 is 10.8 Å². The molecule has 0 aliphatic carbocycles. The van der Waals surface area contributed by atoms with Crippen LogP contribution < -0.4 is 4.74 Å². The fourth-order valence-electron chi connectivity index (χ4n) is 3.55. The number of β-amino-alcohol motifs (C(OH)–C–C–N with tert-alkyl or cyclic N) is 1. The smallest absolute Gasteiger partial charge is 0.120 e. The van der Waals surface area contributed by atoms with Gasteiger partial charge in [-0.05, 0) is 47.4 Å².